The number of hydrogen-bond acceptors (Lipinski definition) is 5. The van der Waals surface area contributed by atoms with Gasteiger partial charge in [0.05, 0.1) is 0 Å². The third-order valence-electron chi connectivity index (χ3n) is 6.38. The molecule has 0 saturated heterocycles. The third kappa shape index (κ3) is 4.10. The molecule has 1 saturated carbocycles. The Morgan fingerprint density at radius 1 is 1.11 bits per heavy atom. The lowest BCUT2D eigenvalue weighted by molar-refractivity contribution is -0.141. The minimum Gasteiger partial charge on any atom is -0.473 e. The summed E-state index contributed by atoms with van der Waals surface area (Å²) in [5, 5.41) is 0. The van der Waals surface area contributed by atoms with Gasteiger partial charge in [0.2, 0.25) is 5.88 Å². The first kappa shape index (κ1) is 22.3. The molecule has 4 aromatic rings. The fraction of sp³-hybridized carbons (Fsp3) is 0.240. The van der Waals surface area contributed by atoms with Crippen molar-refractivity contribution in [2.24, 2.45) is 5.41 Å². The summed E-state index contributed by atoms with van der Waals surface area (Å²) in [4.78, 5) is 19.8. The van der Waals surface area contributed by atoms with E-state index in [1.807, 2.05) is 10.8 Å². The Balaban J connectivity index is 1.18. The summed E-state index contributed by atoms with van der Waals surface area (Å²) in [6.45, 7) is -0.0835. The Morgan fingerprint density at radius 3 is 2.69 bits per heavy atom. The molecule has 0 unspecified atom stereocenters. The van der Waals surface area contributed by atoms with E-state index in [4.69, 9.17) is 9.47 Å². The number of nitrogens with zero attached hydrogens (tertiary/aromatic N) is 4. The first-order valence-corrected chi connectivity index (χ1v) is 11.1. The van der Waals surface area contributed by atoms with Gasteiger partial charge in [-0.1, -0.05) is 12.1 Å². The Kier molecular flexibility index (Phi) is 4.92. The minimum atomic E-state index is -4.64. The van der Waals surface area contributed by atoms with Crippen LogP contribution >= 0.6 is 0 Å². The van der Waals surface area contributed by atoms with Crippen LogP contribution in [0.1, 0.15) is 29.8 Å². The summed E-state index contributed by atoms with van der Waals surface area (Å²) in [5.74, 6) is -1.14. The van der Waals surface area contributed by atoms with Crippen molar-refractivity contribution in [3.05, 3.63) is 88.1 Å². The largest absolute Gasteiger partial charge is 0.473 e. The lowest BCUT2D eigenvalue weighted by Gasteiger charge is -2.16. The Bertz CT molecular complexity index is 1580. The van der Waals surface area contributed by atoms with Crippen molar-refractivity contribution in [2.45, 2.75) is 32.0 Å². The molecule has 1 fully saturated rings. The summed E-state index contributed by atoms with van der Waals surface area (Å²) >= 11 is 0. The van der Waals surface area contributed by atoms with E-state index in [1.165, 1.54) is 22.6 Å². The van der Waals surface area contributed by atoms with Crippen LogP contribution in [0.2, 0.25) is 0 Å². The normalized spacial score (nSPS) is 15.8. The van der Waals surface area contributed by atoms with Gasteiger partial charge in [-0.2, -0.15) is 18.2 Å². The SMILES string of the molecule is O=c1nc(OCc2ccc(Oc3ccnc(C(F)(F)F)c3)c(F)c2)cc2n3c(cn12)CC1(C=C3)CC1. The van der Waals surface area contributed by atoms with Crippen molar-refractivity contribution in [3.63, 3.8) is 0 Å². The van der Waals surface area contributed by atoms with E-state index in [0.717, 1.165) is 37.2 Å². The van der Waals surface area contributed by atoms with Gasteiger partial charge in [0, 0.05) is 36.4 Å². The fourth-order valence-corrected chi connectivity index (χ4v) is 4.29. The Hall–Kier alpha value is -4.15. The molecule has 36 heavy (non-hydrogen) atoms. The van der Waals surface area contributed by atoms with Crippen LogP contribution in [-0.4, -0.2) is 18.9 Å². The molecule has 1 aromatic carbocycles. The highest BCUT2D eigenvalue weighted by atomic mass is 19.4. The number of benzene rings is 1. The van der Waals surface area contributed by atoms with Crippen LogP contribution in [0.5, 0.6) is 17.4 Å². The van der Waals surface area contributed by atoms with Gasteiger partial charge < -0.3 is 14.0 Å². The predicted molar refractivity (Wildman–Crippen MR) is 120 cm³/mol. The average molecular weight is 498 g/mol. The van der Waals surface area contributed by atoms with E-state index < -0.39 is 23.4 Å². The molecule has 7 nitrogen and oxygen atoms in total. The molecule has 184 valence electrons. The maximum Gasteiger partial charge on any atom is 0.433 e. The number of fused-ring (bicyclic) bond motifs is 3. The summed E-state index contributed by atoms with van der Waals surface area (Å²) in [6, 6.07) is 7.48. The Morgan fingerprint density at radius 2 is 1.94 bits per heavy atom. The summed E-state index contributed by atoms with van der Waals surface area (Å²) < 4.78 is 67.4. The molecule has 2 aliphatic rings. The van der Waals surface area contributed by atoms with Crippen LogP contribution in [0.4, 0.5) is 17.6 Å². The summed E-state index contributed by atoms with van der Waals surface area (Å²) in [7, 11) is 0. The van der Waals surface area contributed by atoms with Crippen LogP contribution < -0.4 is 15.2 Å². The van der Waals surface area contributed by atoms with Gasteiger partial charge in [0.15, 0.2) is 11.6 Å². The molecule has 0 amide bonds. The molecule has 4 heterocycles. The second kappa shape index (κ2) is 7.94. The van der Waals surface area contributed by atoms with Crippen LogP contribution in [-0.2, 0) is 19.2 Å². The highest BCUT2D eigenvalue weighted by Gasteiger charge is 2.42. The zero-order valence-corrected chi connectivity index (χ0v) is 18.6. The molecule has 1 aliphatic carbocycles. The lowest BCUT2D eigenvalue weighted by atomic mass is 9.98. The first-order chi connectivity index (χ1) is 17.2. The van der Waals surface area contributed by atoms with Crippen molar-refractivity contribution < 1.29 is 27.0 Å². The van der Waals surface area contributed by atoms with Gasteiger partial charge in [0.25, 0.3) is 0 Å². The molecule has 0 N–H and O–H groups in total. The summed E-state index contributed by atoms with van der Waals surface area (Å²) in [6.07, 6.45) is 5.39. The Labute approximate surface area is 201 Å². The molecule has 0 bridgehead atoms. The molecule has 0 atom stereocenters. The van der Waals surface area contributed by atoms with Gasteiger partial charge >= 0.3 is 11.9 Å². The molecular formula is C25H18F4N4O3. The molecule has 0 radical (unpaired) electrons. The predicted octanol–water partition coefficient (Wildman–Crippen LogP) is 5.23. The fourth-order valence-electron chi connectivity index (χ4n) is 4.29. The number of hydrogen-bond donors (Lipinski definition) is 0. The highest BCUT2D eigenvalue weighted by molar-refractivity contribution is 5.55. The van der Waals surface area contributed by atoms with Gasteiger partial charge in [-0.3, -0.25) is 9.38 Å². The average Bonchev–Trinajstić information content (AvgIpc) is 3.48. The zero-order chi connectivity index (χ0) is 25.1. The second-order valence-corrected chi connectivity index (χ2v) is 8.98. The van der Waals surface area contributed by atoms with Crippen LogP contribution in [0.3, 0.4) is 0 Å². The maximum atomic E-state index is 14.6. The minimum absolute atomic E-state index is 0.0835. The number of alkyl halides is 3. The number of pyridine rings is 1. The van der Waals surface area contributed by atoms with Crippen LogP contribution in [0.15, 0.2) is 59.7 Å². The quantitative estimate of drug-likeness (QED) is 0.353. The topological polar surface area (TPSA) is 70.7 Å². The van der Waals surface area contributed by atoms with Gasteiger partial charge in [-0.25, -0.2) is 9.18 Å². The molecule has 3 aromatic heterocycles. The number of rotatable bonds is 5. The number of aromatic nitrogens is 4. The van der Waals surface area contributed by atoms with E-state index in [-0.39, 0.29) is 29.4 Å². The van der Waals surface area contributed by atoms with Crippen molar-refractivity contribution in [2.75, 3.05) is 0 Å². The number of imidazole rings is 1. The van der Waals surface area contributed by atoms with E-state index in [0.29, 0.717) is 17.3 Å². The lowest BCUT2D eigenvalue weighted by Crippen LogP contribution is -2.17. The monoisotopic (exact) mass is 498 g/mol. The maximum absolute atomic E-state index is 14.6. The molecule has 11 heteroatoms. The third-order valence-corrected chi connectivity index (χ3v) is 6.38. The molecule has 1 aliphatic heterocycles. The second-order valence-electron chi connectivity index (χ2n) is 8.98. The van der Waals surface area contributed by atoms with Crippen molar-refractivity contribution in [1.29, 1.82) is 0 Å². The van der Waals surface area contributed by atoms with E-state index >= 15 is 0 Å². The molecule has 1 spiro atoms. The van der Waals surface area contributed by atoms with E-state index in [1.54, 1.807) is 12.3 Å². The van der Waals surface area contributed by atoms with E-state index in [9.17, 15) is 22.4 Å². The number of allylic oxidation sites excluding steroid dienone is 1. The van der Waals surface area contributed by atoms with Gasteiger partial charge in [-0.05, 0) is 48.4 Å². The van der Waals surface area contributed by atoms with Crippen molar-refractivity contribution in [1.82, 2.24) is 18.9 Å². The van der Waals surface area contributed by atoms with Crippen LogP contribution in [0, 0.1) is 11.2 Å². The number of halogens is 4. The highest BCUT2D eigenvalue weighted by Crippen LogP contribution is 2.51. The zero-order valence-electron chi connectivity index (χ0n) is 18.6. The molecular weight excluding hydrogens is 480 g/mol. The number of ether oxygens (including phenoxy) is 2. The first-order valence-electron chi connectivity index (χ1n) is 11.1. The van der Waals surface area contributed by atoms with Crippen molar-refractivity contribution in [3.8, 4) is 17.4 Å². The molecule has 6 rings (SSSR count). The van der Waals surface area contributed by atoms with Gasteiger partial charge in [0.1, 0.15) is 23.7 Å². The van der Waals surface area contributed by atoms with Gasteiger partial charge in [-0.15, -0.1) is 0 Å². The standard InChI is InChI=1S/C25H18F4N4O3/c26-18-9-15(1-2-19(18)36-17-3-7-30-20(10-17)25(27,28)29)14-35-21-11-22-32-8-6-24(4-5-24)12-16(32)13-33(22)23(34)31-21/h1-3,6-11,13H,4-5,12,14H2. The van der Waals surface area contributed by atoms with Crippen LogP contribution in [0.25, 0.3) is 11.8 Å². The van der Waals surface area contributed by atoms with E-state index in [2.05, 4.69) is 16.0 Å². The smallest absolute Gasteiger partial charge is 0.433 e. The summed E-state index contributed by atoms with van der Waals surface area (Å²) in [5.41, 5.74) is 0.669. The van der Waals surface area contributed by atoms with Crippen molar-refractivity contribution >= 4 is 11.8 Å².